The van der Waals surface area contributed by atoms with Crippen LogP contribution < -0.4 is 4.74 Å². The van der Waals surface area contributed by atoms with Crippen LogP contribution in [0.3, 0.4) is 0 Å². The third kappa shape index (κ3) is 4.17. The average molecular weight is 407 g/mol. The number of nitrogens with zero attached hydrogens (tertiary/aromatic N) is 5. The van der Waals surface area contributed by atoms with Crippen molar-refractivity contribution < 1.29 is 14.1 Å². The van der Waals surface area contributed by atoms with Crippen molar-refractivity contribution in [2.24, 2.45) is 0 Å². The largest absolute Gasteiger partial charge is 0.496 e. The van der Waals surface area contributed by atoms with Crippen LogP contribution in [0.25, 0.3) is 11.4 Å². The minimum absolute atomic E-state index is 0.0898. The van der Waals surface area contributed by atoms with Crippen LogP contribution in [0.4, 0.5) is 0 Å². The molecule has 2 aromatic heterocycles. The molecule has 1 aromatic carbocycles. The van der Waals surface area contributed by atoms with Gasteiger partial charge >= 0.3 is 0 Å². The summed E-state index contributed by atoms with van der Waals surface area (Å²) in [5, 5.41) is 4.04. The van der Waals surface area contributed by atoms with E-state index in [4.69, 9.17) is 14.2 Å². The number of aryl methyl sites for hydroxylation is 2. The number of rotatable bonds is 5. The summed E-state index contributed by atoms with van der Waals surface area (Å²) in [6.45, 7) is 4.96. The lowest BCUT2D eigenvalue weighted by Crippen LogP contribution is -2.40. The highest BCUT2D eigenvalue weighted by atomic mass is 16.5. The first-order valence-corrected chi connectivity index (χ1v) is 10.1. The van der Waals surface area contributed by atoms with Gasteiger partial charge in [-0.25, -0.2) is 9.97 Å². The Balaban J connectivity index is 1.56. The number of carbonyl (C=O) groups is 1. The Hall–Kier alpha value is -3.29. The molecule has 1 fully saturated rings. The van der Waals surface area contributed by atoms with Crippen molar-refractivity contribution >= 4 is 5.91 Å². The summed E-state index contributed by atoms with van der Waals surface area (Å²) in [6, 6.07) is 7.64. The lowest BCUT2D eigenvalue weighted by atomic mass is 9.91. The van der Waals surface area contributed by atoms with Crippen molar-refractivity contribution in [1.82, 2.24) is 25.0 Å². The predicted octanol–water partition coefficient (Wildman–Crippen LogP) is 3.10. The molecule has 0 radical (unpaired) electrons. The fourth-order valence-corrected chi connectivity index (χ4v) is 3.93. The molecule has 0 N–H and O–H groups in total. The third-order valence-corrected chi connectivity index (χ3v) is 5.40. The second-order valence-electron chi connectivity index (χ2n) is 7.52. The van der Waals surface area contributed by atoms with Gasteiger partial charge in [-0.2, -0.15) is 4.98 Å². The highest BCUT2D eigenvalue weighted by Gasteiger charge is 2.29. The molecule has 8 nitrogen and oxygen atoms in total. The number of carbonyl (C=O) groups excluding carboxylic acids is 1. The molecular weight excluding hydrogens is 382 g/mol. The Labute approximate surface area is 175 Å². The van der Waals surface area contributed by atoms with Gasteiger partial charge in [0.15, 0.2) is 0 Å². The molecule has 1 aliphatic heterocycles. The highest BCUT2D eigenvalue weighted by Crippen LogP contribution is 2.32. The van der Waals surface area contributed by atoms with Crippen molar-refractivity contribution in [2.45, 2.75) is 39.0 Å². The van der Waals surface area contributed by atoms with Crippen molar-refractivity contribution in [3.05, 3.63) is 53.4 Å². The van der Waals surface area contributed by atoms with Gasteiger partial charge in [0.25, 0.3) is 0 Å². The number of piperidine rings is 1. The van der Waals surface area contributed by atoms with Crippen molar-refractivity contribution in [2.75, 3.05) is 20.2 Å². The van der Waals surface area contributed by atoms with Gasteiger partial charge in [0.1, 0.15) is 11.6 Å². The molecule has 1 atom stereocenters. The standard InChI is InChI=1S/C22H25N5O3/c1-14-23-12-18(22-25-15(2)30-26-22)21(24-14)17-8-6-10-27(13-17)20(28)11-16-7-4-5-9-19(16)29-3/h4-5,7,9,12,17H,6,8,10-11,13H2,1-3H3/t17-/m1/s1. The molecular formula is C22H25N5O3. The molecule has 0 saturated carbocycles. The first-order chi connectivity index (χ1) is 14.5. The highest BCUT2D eigenvalue weighted by molar-refractivity contribution is 5.79. The monoisotopic (exact) mass is 407 g/mol. The first kappa shape index (κ1) is 20.0. The number of hydrogen-bond donors (Lipinski definition) is 0. The maximum atomic E-state index is 13.0. The van der Waals surface area contributed by atoms with Gasteiger partial charge in [0.05, 0.1) is 24.8 Å². The van der Waals surface area contributed by atoms with Gasteiger partial charge < -0.3 is 14.2 Å². The molecule has 1 saturated heterocycles. The predicted molar refractivity (Wildman–Crippen MR) is 110 cm³/mol. The number of amides is 1. The van der Waals surface area contributed by atoms with E-state index in [1.165, 1.54) is 0 Å². The van der Waals surface area contributed by atoms with E-state index in [1.807, 2.05) is 36.1 Å². The van der Waals surface area contributed by atoms with E-state index in [0.717, 1.165) is 42.0 Å². The van der Waals surface area contributed by atoms with Gasteiger partial charge in [-0.3, -0.25) is 4.79 Å². The number of likely N-dealkylation sites (tertiary alicyclic amines) is 1. The van der Waals surface area contributed by atoms with Crippen LogP contribution >= 0.6 is 0 Å². The van der Waals surface area contributed by atoms with E-state index < -0.39 is 0 Å². The zero-order valence-electron chi connectivity index (χ0n) is 17.5. The van der Waals surface area contributed by atoms with Crippen molar-refractivity contribution in [1.29, 1.82) is 0 Å². The Morgan fingerprint density at radius 3 is 2.87 bits per heavy atom. The van der Waals surface area contributed by atoms with Crippen LogP contribution in [0.15, 0.2) is 35.0 Å². The zero-order chi connectivity index (χ0) is 21.1. The molecule has 3 aromatic rings. The lowest BCUT2D eigenvalue weighted by molar-refractivity contribution is -0.131. The summed E-state index contributed by atoms with van der Waals surface area (Å²) in [5.41, 5.74) is 2.53. The minimum atomic E-state index is 0.0898. The number of methoxy groups -OCH3 is 1. The maximum Gasteiger partial charge on any atom is 0.227 e. The summed E-state index contributed by atoms with van der Waals surface area (Å²) in [7, 11) is 1.62. The van der Waals surface area contributed by atoms with Crippen LogP contribution in [0.5, 0.6) is 5.75 Å². The van der Waals surface area contributed by atoms with Gasteiger partial charge in [-0.05, 0) is 25.8 Å². The Morgan fingerprint density at radius 2 is 2.10 bits per heavy atom. The molecule has 30 heavy (non-hydrogen) atoms. The number of ether oxygens (including phenoxy) is 1. The second-order valence-corrected chi connectivity index (χ2v) is 7.52. The van der Waals surface area contributed by atoms with Crippen LogP contribution in [0.1, 0.15) is 41.7 Å². The SMILES string of the molecule is COc1ccccc1CC(=O)N1CCC[C@@H](c2nc(C)ncc2-c2noc(C)n2)C1. The summed E-state index contributed by atoms with van der Waals surface area (Å²) >= 11 is 0. The second kappa shape index (κ2) is 8.61. The minimum Gasteiger partial charge on any atom is -0.496 e. The molecule has 1 amide bonds. The molecule has 4 rings (SSSR count). The molecule has 1 aliphatic rings. The lowest BCUT2D eigenvalue weighted by Gasteiger charge is -2.33. The van der Waals surface area contributed by atoms with E-state index in [1.54, 1.807) is 20.2 Å². The summed E-state index contributed by atoms with van der Waals surface area (Å²) in [5.74, 6) is 2.59. The Bertz CT molecular complexity index is 1050. The van der Waals surface area contributed by atoms with Crippen LogP contribution in [-0.2, 0) is 11.2 Å². The van der Waals surface area contributed by atoms with Gasteiger partial charge in [0.2, 0.25) is 17.6 Å². The Morgan fingerprint density at radius 1 is 1.27 bits per heavy atom. The van der Waals surface area contributed by atoms with E-state index in [2.05, 4.69) is 15.1 Å². The average Bonchev–Trinajstić information content (AvgIpc) is 3.20. The van der Waals surface area contributed by atoms with Gasteiger partial charge in [-0.1, -0.05) is 23.4 Å². The van der Waals surface area contributed by atoms with E-state index in [0.29, 0.717) is 30.5 Å². The summed E-state index contributed by atoms with van der Waals surface area (Å²) in [6.07, 6.45) is 3.92. The number of para-hydroxylation sites is 1. The first-order valence-electron chi connectivity index (χ1n) is 10.1. The van der Waals surface area contributed by atoms with Crippen molar-refractivity contribution in [3.8, 4) is 17.1 Å². The fraction of sp³-hybridized carbons (Fsp3) is 0.409. The Kier molecular flexibility index (Phi) is 5.74. The summed E-state index contributed by atoms with van der Waals surface area (Å²) in [4.78, 5) is 28.3. The van der Waals surface area contributed by atoms with E-state index in [9.17, 15) is 4.79 Å². The summed E-state index contributed by atoms with van der Waals surface area (Å²) < 4.78 is 10.5. The van der Waals surface area contributed by atoms with E-state index >= 15 is 0 Å². The van der Waals surface area contributed by atoms with Crippen LogP contribution in [-0.4, -0.2) is 51.1 Å². The molecule has 0 unspecified atom stereocenters. The molecule has 0 spiro atoms. The zero-order valence-corrected chi connectivity index (χ0v) is 17.5. The van der Waals surface area contributed by atoms with Gasteiger partial charge in [0, 0.05) is 37.7 Å². The molecule has 0 bridgehead atoms. The van der Waals surface area contributed by atoms with Gasteiger partial charge in [-0.15, -0.1) is 0 Å². The third-order valence-electron chi connectivity index (χ3n) is 5.40. The molecule has 8 heteroatoms. The topological polar surface area (TPSA) is 94.2 Å². The molecule has 3 heterocycles. The van der Waals surface area contributed by atoms with Crippen LogP contribution in [0.2, 0.25) is 0 Å². The number of hydrogen-bond acceptors (Lipinski definition) is 7. The maximum absolute atomic E-state index is 13.0. The smallest absolute Gasteiger partial charge is 0.227 e. The number of benzene rings is 1. The fourth-order valence-electron chi connectivity index (χ4n) is 3.93. The van der Waals surface area contributed by atoms with Crippen molar-refractivity contribution in [3.63, 3.8) is 0 Å². The normalized spacial score (nSPS) is 16.5. The molecule has 0 aliphatic carbocycles. The molecule has 156 valence electrons. The van der Waals surface area contributed by atoms with E-state index in [-0.39, 0.29) is 11.8 Å². The number of aromatic nitrogens is 4. The van der Waals surface area contributed by atoms with Crippen LogP contribution in [0, 0.1) is 13.8 Å². The quantitative estimate of drug-likeness (QED) is 0.641.